The lowest BCUT2D eigenvalue weighted by atomic mass is 10.0. The molecule has 1 atom stereocenters. The summed E-state index contributed by atoms with van der Waals surface area (Å²) in [7, 11) is 0. The zero-order valence-electron chi connectivity index (χ0n) is 11.7. The normalized spacial score (nSPS) is 14.8. The topological polar surface area (TPSA) is 60.4 Å². The summed E-state index contributed by atoms with van der Waals surface area (Å²) < 4.78 is 14.0. The largest absolute Gasteiger partial charge is 0.550 e. The fourth-order valence-electron chi connectivity index (χ4n) is 2.82. The van der Waals surface area contributed by atoms with Crippen LogP contribution in [0.3, 0.4) is 0 Å². The van der Waals surface area contributed by atoms with Crippen LogP contribution in [0.1, 0.15) is 33.9 Å². The van der Waals surface area contributed by atoms with Crippen molar-refractivity contribution in [3.05, 3.63) is 71.0 Å². The van der Waals surface area contributed by atoms with Gasteiger partial charge in [0.05, 0.1) is 6.04 Å². The van der Waals surface area contributed by atoms with E-state index in [0.29, 0.717) is 5.56 Å². The summed E-state index contributed by atoms with van der Waals surface area (Å²) in [5, 5.41) is 11.1. The van der Waals surface area contributed by atoms with Gasteiger partial charge in [0.1, 0.15) is 5.82 Å². The Bertz CT molecular complexity index is 744. The van der Waals surface area contributed by atoms with Crippen molar-refractivity contribution in [2.24, 2.45) is 0 Å². The molecule has 0 spiro atoms. The highest BCUT2D eigenvalue weighted by molar-refractivity contribution is 5.98. The SMILES string of the molecule is O=C([O-])C[C@@H](c1ccccc1F)N1Cc2ccccc2C1=O. The first-order chi connectivity index (χ1) is 10.6. The molecule has 0 fully saturated rings. The van der Waals surface area contributed by atoms with E-state index in [-0.39, 0.29) is 18.0 Å². The summed E-state index contributed by atoms with van der Waals surface area (Å²) in [4.78, 5) is 24.9. The second kappa shape index (κ2) is 5.60. The van der Waals surface area contributed by atoms with E-state index in [2.05, 4.69) is 0 Å². The highest BCUT2D eigenvalue weighted by Gasteiger charge is 2.34. The van der Waals surface area contributed by atoms with Gasteiger partial charge >= 0.3 is 0 Å². The third-order valence-corrected chi connectivity index (χ3v) is 3.85. The predicted molar refractivity (Wildman–Crippen MR) is 75.1 cm³/mol. The van der Waals surface area contributed by atoms with Gasteiger partial charge in [0, 0.05) is 30.1 Å². The maximum atomic E-state index is 14.0. The molecular formula is C17H13FNO3-. The van der Waals surface area contributed by atoms with Gasteiger partial charge in [0.2, 0.25) is 0 Å². The predicted octanol–water partition coefficient (Wildman–Crippen LogP) is 1.66. The van der Waals surface area contributed by atoms with Crippen LogP contribution in [0.25, 0.3) is 0 Å². The Labute approximate surface area is 126 Å². The molecule has 2 aromatic rings. The molecule has 0 aromatic heterocycles. The van der Waals surface area contributed by atoms with Gasteiger partial charge in [-0.2, -0.15) is 0 Å². The second-order valence-electron chi connectivity index (χ2n) is 5.20. The first-order valence-electron chi connectivity index (χ1n) is 6.91. The summed E-state index contributed by atoms with van der Waals surface area (Å²) in [6.45, 7) is 0.265. The molecule has 2 aromatic carbocycles. The molecule has 1 aliphatic heterocycles. The van der Waals surface area contributed by atoms with Gasteiger partial charge in [0.15, 0.2) is 0 Å². The summed E-state index contributed by atoms with van der Waals surface area (Å²) in [6, 6.07) is 12.1. The van der Waals surface area contributed by atoms with Crippen LogP contribution in [0.4, 0.5) is 4.39 Å². The highest BCUT2D eigenvalue weighted by atomic mass is 19.1. The molecule has 5 heteroatoms. The second-order valence-corrected chi connectivity index (χ2v) is 5.20. The van der Waals surface area contributed by atoms with E-state index in [4.69, 9.17) is 0 Å². The number of nitrogens with zero attached hydrogens (tertiary/aromatic N) is 1. The number of carbonyl (C=O) groups is 2. The Morgan fingerprint density at radius 2 is 1.86 bits per heavy atom. The van der Waals surface area contributed by atoms with Crippen molar-refractivity contribution in [2.45, 2.75) is 19.0 Å². The average Bonchev–Trinajstić information content (AvgIpc) is 2.83. The van der Waals surface area contributed by atoms with E-state index in [1.54, 1.807) is 18.2 Å². The summed E-state index contributed by atoms with van der Waals surface area (Å²) in [5.74, 6) is -2.14. The van der Waals surface area contributed by atoms with Crippen molar-refractivity contribution >= 4 is 11.9 Å². The molecule has 3 rings (SSSR count). The van der Waals surface area contributed by atoms with Crippen LogP contribution in [0, 0.1) is 5.82 Å². The van der Waals surface area contributed by atoms with Gasteiger partial charge < -0.3 is 14.8 Å². The number of carboxylic acids is 1. The summed E-state index contributed by atoms with van der Waals surface area (Å²) in [6.07, 6.45) is -0.444. The lowest BCUT2D eigenvalue weighted by Crippen LogP contribution is -2.35. The molecule has 0 N–H and O–H groups in total. The third-order valence-electron chi connectivity index (χ3n) is 3.85. The van der Waals surface area contributed by atoms with Gasteiger partial charge in [-0.3, -0.25) is 4.79 Å². The molecule has 0 unspecified atom stereocenters. The summed E-state index contributed by atoms with van der Waals surface area (Å²) >= 11 is 0. The van der Waals surface area contributed by atoms with E-state index in [1.807, 2.05) is 12.1 Å². The first kappa shape index (κ1) is 14.3. The molecule has 112 valence electrons. The van der Waals surface area contributed by atoms with E-state index in [9.17, 15) is 19.1 Å². The zero-order valence-corrected chi connectivity index (χ0v) is 11.7. The number of carbonyl (C=O) groups excluding carboxylic acids is 2. The van der Waals surface area contributed by atoms with Crippen LogP contribution in [-0.4, -0.2) is 16.8 Å². The van der Waals surface area contributed by atoms with Gasteiger partial charge in [-0.15, -0.1) is 0 Å². The van der Waals surface area contributed by atoms with Crippen molar-refractivity contribution in [1.29, 1.82) is 0 Å². The molecule has 0 bridgehead atoms. The minimum absolute atomic E-state index is 0.188. The number of hydrogen-bond donors (Lipinski definition) is 0. The number of carboxylic acid groups (broad SMARTS) is 1. The quantitative estimate of drug-likeness (QED) is 0.862. The minimum atomic E-state index is -1.32. The maximum absolute atomic E-state index is 14.0. The molecular weight excluding hydrogens is 285 g/mol. The molecule has 0 aliphatic carbocycles. The summed E-state index contributed by atoms with van der Waals surface area (Å²) in [5.41, 5.74) is 1.53. The maximum Gasteiger partial charge on any atom is 0.255 e. The Kier molecular flexibility index (Phi) is 3.63. The van der Waals surface area contributed by atoms with Crippen LogP contribution >= 0.6 is 0 Å². The van der Waals surface area contributed by atoms with Gasteiger partial charge in [-0.25, -0.2) is 4.39 Å². The van der Waals surface area contributed by atoms with Crippen molar-refractivity contribution in [1.82, 2.24) is 4.90 Å². The van der Waals surface area contributed by atoms with Crippen LogP contribution in [-0.2, 0) is 11.3 Å². The van der Waals surface area contributed by atoms with Crippen LogP contribution in [0.5, 0.6) is 0 Å². The number of hydrogen-bond acceptors (Lipinski definition) is 3. The molecule has 4 nitrogen and oxygen atoms in total. The molecule has 0 radical (unpaired) electrons. The molecule has 22 heavy (non-hydrogen) atoms. The van der Waals surface area contributed by atoms with E-state index >= 15 is 0 Å². The zero-order chi connectivity index (χ0) is 15.7. The Morgan fingerprint density at radius 1 is 1.18 bits per heavy atom. The number of aliphatic carboxylic acids is 1. The van der Waals surface area contributed by atoms with Crippen LogP contribution in [0.2, 0.25) is 0 Å². The Hall–Kier alpha value is -2.69. The standard InChI is InChI=1S/C17H14FNO3/c18-14-8-4-3-7-13(14)15(9-16(20)21)19-10-11-5-1-2-6-12(11)17(19)22/h1-8,15H,9-10H2,(H,20,21)/p-1/t15-/m0/s1. The van der Waals surface area contributed by atoms with Crippen LogP contribution < -0.4 is 5.11 Å². The third kappa shape index (κ3) is 2.45. The molecule has 0 saturated heterocycles. The molecule has 1 heterocycles. The van der Waals surface area contributed by atoms with Gasteiger partial charge in [-0.05, 0) is 17.7 Å². The monoisotopic (exact) mass is 298 g/mol. The van der Waals surface area contributed by atoms with Crippen molar-refractivity contribution < 1.29 is 19.1 Å². The molecule has 1 amide bonds. The number of rotatable bonds is 4. The lowest BCUT2D eigenvalue weighted by Gasteiger charge is -2.29. The number of amides is 1. The molecule has 0 saturated carbocycles. The van der Waals surface area contributed by atoms with Gasteiger partial charge in [-0.1, -0.05) is 36.4 Å². The smallest absolute Gasteiger partial charge is 0.255 e. The highest BCUT2D eigenvalue weighted by Crippen LogP contribution is 2.34. The number of halogens is 1. The molecule has 1 aliphatic rings. The van der Waals surface area contributed by atoms with Gasteiger partial charge in [0.25, 0.3) is 5.91 Å². The van der Waals surface area contributed by atoms with Crippen LogP contribution in [0.15, 0.2) is 48.5 Å². The Morgan fingerprint density at radius 3 is 2.55 bits per heavy atom. The van der Waals surface area contributed by atoms with E-state index in [0.717, 1.165) is 5.56 Å². The van der Waals surface area contributed by atoms with E-state index in [1.165, 1.54) is 23.1 Å². The van der Waals surface area contributed by atoms with Crippen molar-refractivity contribution in [3.8, 4) is 0 Å². The minimum Gasteiger partial charge on any atom is -0.550 e. The lowest BCUT2D eigenvalue weighted by molar-refractivity contribution is -0.306. The Balaban J connectivity index is 2.00. The number of fused-ring (bicyclic) bond motifs is 1. The average molecular weight is 298 g/mol. The fraction of sp³-hybridized carbons (Fsp3) is 0.176. The fourth-order valence-corrected chi connectivity index (χ4v) is 2.82. The number of benzene rings is 2. The van der Waals surface area contributed by atoms with E-state index < -0.39 is 24.2 Å². The van der Waals surface area contributed by atoms with Crippen molar-refractivity contribution in [3.63, 3.8) is 0 Å². The first-order valence-corrected chi connectivity index (χ1v) is 6.91. The van der Waals surface area contributed by atoms with Crippen molar-refractivity contribution in [2.75, 3.05) is 0 Å².